The number of anilines is 1. The maximum atomic E-state index is 3.75. The molecule has 1 aliphatic rings. The third kappa shape index (κ3) is 3.13. The maximum Gasteiger partial charge on any atom is 0.0528 e. The van der Waals surface area contributed by atoms with Gasteiger partial charge in [0.15, 0.2) is 0 Å². The van der Waals surface area contributed by atoms with Gasteiger partial charge in [-0.1, -0.05) is 72.8 Å². The minimum absolute atomic E-state index is 0.331. The Morgan fingerprint density at radius 2 is 1.30 bits per heavy atom. The molecule has 3 aromatic carbocycles. The highest BCUT2D eigenvalue weighted by Crippen LogP contribution is 2.47. The molecule has 0 spiro atoms. The number of fused-ring (bicyclic) bond motifs is 1. The first-order chi connectivity index (χ1) is 11.4. The van der Waals surface area contributed by atoms with Crippen molar-refractivity contribution in [1.29, 1.82) is 0 Å². The molecule has 1 aliphatic heterocycles. The predicted octanol–water partition coefficient (Wildman–Crippen LogP) is 6.08. The number of hydrogen-bond acceptors (Lipinski definition) is 2. The van der Waals surface area contributed by atoms with Crippen molar-refractivity contribution >= 4 is 17.4 Å². The molecule has 0 radical (unpaired) electrons. The second-order valence-electron chi connectivity index (χ2n) is 5.86. The summed E-state index contributed by atoms with van der Waals surface area (Å²) in [7, 11) is 0. The Morgan fingerprint density at radius 1 is 0.696 bits per heavy atom. The van der Waals surface area contributed by atoms with Crippen molar-refractivity contribution in [2.75, 3.05) is 5.32 Å². The average Bonchev–Trinajstić information content (AvgIpc) is 2.83. The van der Waals surface area contributed by atoms with Crippen molar-refractivity contribution in [3.63, 3.8) is 0 Å². The first-order valence-electron chi connectivity index (χ1n) is 8.02. The molecular formula is C21H19NS. The number of para-hydroxylation sites is 1. The third-order valence-electron chi connectivity index (χ3n) is 4.31. The highest BCUT2D eigenvalue weighted by Gasteiger charge is 2.25. The largest absolute Gasteiger partial charge is 0.377 e. The van der Waals surface area contributed by atoms with E-state index in [0.29, 0.717) is 11.3 Å². The minimum Gasteiger partial charge on any atom is -0.377 e. The van der Waals surface area contributed by atoms with E-state index in [0.717, 1.165) is 6.42 Å². The summed E-state index contributed by atoms with van der Waals surface area (Å²) < 4.78 is 0. The summed E-state index contributed by atoms with van der Waals surface area (Å²) >= 11 is 1.97. The highest BCUT2D eigenvalue weighted by atomic mass is 32.2. The highest BCUT2D eigenvalue weighted by molar-refractivity contribution is 7.99. The van der Waals surface area contributed by atoms with E-state index in [2.05, 4.69) is 90.2 Å². The Kier molecular flexibility index (Phi) is 4.08. The molecule has 0 amide bonds. The van der Waals surface area contributed by atoms with Crippen LogP contribution >= 0.6 is 11.8 Å². The maximum absolute atomic E-state index is 3.75. The first-order valence-corrected chi connectivity index (χ1v) is 8.90. The smallest absolute Gasteiger partial charge is 0.0528 e. The van der Waals surface area contributed by atoms with E-state index >= 15 is 0 Å². The molecule has 23 heavy (non-hydrogen) atoms. The van der Waals surface area contributed by atoms with Gasteiger partial charge in [-0.3, -0.25) is 0 Å². The summed E-state index contributed by atoms with van der Waals surface area (Å²) in [5.74, 6) is 0. The Morgan fingerprint density at radius 3 is 2.04 bits per heavy atom. The second-order valence-corrected chi connectivity index (χ2v) is 7.10. The van der Waals surface area contributed by atoms with Gasteiger partial charge in [-0.25, -0.2) is 0 Å². The second kappa shape index (κ2) is 6.51. The van der Waals surface area contributed by atoms with E-state index in [1.54, 1.807) is 0 Å². The molecule has 0 bridgehead atoms. The lowest BCUT2D eigenvalue weighted by Crippen LogP contribution is -2.11. The van der Waals surface area contributed by atoms with Gasteiger partial charge in [0, 0.05) is 15.8 Å². The predicted molar refractivity (Wildman–Crippen MR) is 98.9 cm³/mol. The normalized spacial score (nSPS) is 20.2. The number of rotatable bonds is 2. The number of benzene rings is 3. The van der Waals surface area contributed by atoms with Crippen molar-refractivity contribution in [3.05, 3.63) is 96.1 Å². The molecule has 0 saturated heterocycles. The van der Waals surface area contributed by atoms with Gasteiger partial charge in [0.2, 0.25) is 0 Å². The SMILES string of the molecule is c1ccc(C2CC(c3ccccc3)Sc3ccccc3N2)cc1. The standard InChI is InChI=1S/C21H19NS/c1-3-9-16(10-4-1)19-15-21(17-11-5-2-6-12-17)23-20-14-8-7-13-18(20)22-19/h1-14,19,21-22H,15H2. The lowest BCUT2D eigenvalue weighted by Gasteiger charge is -2.21. The van der Waals surface area contributed by atoms with Crippen LogP contribution in [0.2, 0.25) is 0 Å². The van der Waals surface area contributed by atoms with Crippen LogP contribution in [0.1, 0.15) is 28.8 Å². The molecule has 2 unspecified atom stereocenters. The van der Waals surface area contributed by atoms with E-state index < -0.39 is 0 Å². The molecule has 1 heterocycles. The van der Waals surface area contributed by atoms with Crippen LogP contribution in [0.3, 0.4) is 0 Å². The van der Waals surface area contributed by atoms with Gasteiger partial charge in [-0.15, -0.1) is 11.8 Å². The average molecular weight is 317 g/mol. The number of hydrogen-bond donors (Lipinski definition) is 1. The molecule has 0 aliphatic carbocycles. The zero-order valence-electron chi connectivity index (χ0n) is 12.9. The summed E-state index contributed by atoms with van der Waals surface area (Å²) in [6.45, 7) is 0. The fraction of sp³-hybridized carbons (Fsp3) is 0.143. The first kappa shape index (κ1) is 14.4. The molecule has 0 saturated carbocycles. The van der Waals surface area contributed by atoms with E-state index in [1.807, 2.05) is 11.8 Å². The fourth-order valence-corrected chi connectivity index (χ4v) is 4.43. The quantitative estimate of drug-likeness (QED) is 0.615. The lowest BCUT2D eigenvalue weighted by molar-refractivity contribution is 0.687. The third-order valence-corrected chi connectivity index (χ3v) is 5.67. The molecular weight excluding hydrogens is 298 g/mol. The molecule has 4 rings (SSSR count). The van der Waals surface area contributed by atoms with Crippen LogP contribution in [0.15, 0.2) is 89.8 Å². The monoisotopic (exact) mass is 317 g/mol. The summed E-state index contributed by atoms with van der Waals surface area (Å²) in [4.78, 5) is 1.33. The summed E-state index contributed by atoms with van der Waals surface area (Å²) in [5.41, 5.74) is 3.99. The minimum atomic E-state index is 0.331. The summed E-state index contributed by atoms with van der Waals surface area (Å²) in [6.07, 6.45) is 1.08. The molecule has 1 nitrogen and oxygen atoms in total. The van der Waals surface area contributed by atoms with Crippen molar-refractivity contribution in [2.24, 2.45) is 0 Å². The van der Waals surface area contributed by atoms with Crippen molar-refractivity contribution in [2.45, 2.75) is 22.6 Å². The van der Waals surface area contributed by atoms with Gasteiger partial charge >= 0.3 is 0 Å². The van der Waals surface area contributed by atoms with Crippen LogP contribution in [0.4, 0.5) is 5.69 Å². The van der Waals surface area contributed by atoms with Crippen LogP contribution in [0.5, 0.6) is 0 Å². The molecule has 3 aromatic rings. The van der Waals surface area contributed by atoms with Gasteiger partial charge in [-0.2, -0.15) is 0 Å². The van der Waals surface area contributed by atoms with Gasteiger partial charge in [0.05, 0.1) is 6.04 Å². The Balaban J connectivity index is 1.74. The van der Waals surface area contributed by atoms with Crippen LogP contribution < -0.4 is 5.32 Å². The van der Waals surface area contributed by atoms with Crippen molar-refractivity contribution < 1.29 is 0 Å². The number of nitrogens with one attached hydrogen (secondary N) is 1. The molecule has 2 atom stereocenters. The lowest BCUT2D eigenvalue weighted by atomic mass is 9.98. The molecule has 0 fully saturated rings. The zero-order valence-corrected chi connectivity index (χ0v) is 13.7. The summed E-state index contributed by atoms with van der Waals surface area (Å²) in [5, 5.41) is 4.21. The molecule has 1 N–H and O–H groups in total. The number of thioether (sulfide) groups is 1. The zero-order chi connectivity index (χ0) is 15.5. The van der Waals surface area contributed by atoms with Gasteiger partial charge in [0.1, 0.15) is 0 Å². The Hall–Kier alpha value is -2.19. The Bertz CT molecular complexity index is 704. The fourth-order valence-electron chi connectivity index (χ4n) is 3.13. The van der Waals surface area contributed by atoms with Crippen LogP contribution in [-0.2, 0) is 0 Å². The van der Waals surface area contributed by atoms with Crippen LogP contribution in [0, 0.1) is 0 Å². The Labute approximate surface area is 141 Å². The van der Waals surface area contributed by atoms with Crippen LogP contribution in [-0.4, -0.2) is 0 Å². The van der Waals surface area contributed by atoms with E-state index in [-0.39, 0.29) is 0 Å². The van der Waals surface area contributed by atoms with E-state index in [9.17, 15) is 0 Å². The van der Waals surface area contributed by atoms with Gasteiger partial charge < -0.3 is 5.32 Å². The van der Waals surface area contributed by atoms with E-state index in [1.165, 1.54) is 21.7 Å². The van der Waals surface area contributed by atoms with Crippen molar-refractivity contribution in [3.8, 4) is 0 Å². The van der Waals surface area contributed by atoms with Gasteiger partial charge in [-0.05, 0) is 29.7 Å². The summed E-state index contributed by atoms with van der Waals surface area (Å²) in [6, 6.07) is 30.6. The molecule has 114 valence electrons. The topological polar surface area (TPSA) is 12.0 Å². The molecule has 0 aromatic heterocycles. The molecule has 2 heteroatoms. The van der Waals surface area contributed by atoms with E-state index in [4.69, 9.17) is 0 Å². The van der Waals surface area contributed by atoms with Crippen molar-refractivity contribution in [1.82, 2.24) is 0 Å². The van der Waals surface area contributed by atoms with Gasteiger partial charge in [0.25, 0.3) is 0 Å². The van der Waals surface area contributed by atoms with Crippen LogP contribution in [0.25, 0.3) is 0 Å².